The third-order valence-corrected chi connectivity index (χ3v) is 4.97. The molecule has 0 atom stereocenters. The van der Waals surface area contributed by atoms with E-state index in [1.54, 1.807) is 13.2 Å². The van der Waals surface area contributed by atoms with Gasteiger partial charge >= 0.3 is 0 Å². The van der Waals surface area contributed by atoms with Gasteiger partial charge in [-0.25, -0.2) is 0 Å². The molecular formula is C13H11NO4S2. The molecule has 2 aromatic rings. The van der Waals surface area contributed by atoms with Crippen LogP contribution < -0.4 is 4.74 Å². The second kappa shape index (κ2) is 6.06. The molecule has 0 amide bonds. The molecule has 0 unspecified atom stereocenters. The summed E-state index contributed by atoms with van der Waals surface area (Å²) in [5.41, 5.74) is -0.0453. The van der Waals surface area contributed by atoms with Gasteiger partial charge in [0.15, 0.2) is 5.78 Å². The topological polar surface area (TPSA) is 69.4 Å². The fourth-order valence-electron chi connectivity index (χ4n) is 1.54. The maximum absolute atomic E-state index is 11.4. The van der Waals surface area contributed by atoms with E-state index in [2.05, 4.69) is 0 Å². The summed E-state index contributed by atoms with van der Waals surface area (Å²) in [6, 6.07) is 8.59. The quantitative estimate of drug-likeness (QED) is 0.474. The number of carbonyl (C=O) groups is 1. The smallest absolute Gasteiger partial charge is 0.294 e. The Bertz CT molecular complexity index is 666. The van der Waals surface area contributed by atoms with E-state index in [0.717, 1.165) is 16.2 Å². The van der Waals surface area contributed by atoms with Gasteiger partial charge in [0.1, 0.15) is 9.96 Å². The van der Waals surface area contributed by atoms with Crippen molar-refractivity contribution in [2.45, 2.75) is 16.0 Å². The van der Waals surface area contributed by atoms with Crippen LogP contribution in [0, 0.1) is 10.1 Å². The van der Waals surface area contributed by atoms with E-state index in [-0.39, 0.29) is 11.5 Å². The molecule has 1 aromatic heterocycles. The van der Waals surface area contributed by atoms with Crippen molar-refractivity contribution in [1.29, 1.82) is 0 Å². The predicted octanol–water partition coefficient (Wildman–Crippen LogP) is 4.02. The Morgan fingerprint density at radius 2 is 2.10 bits per heavy atom. The number of nitro groups is 1. The van der Waals surface area contributed by atoms with Crippen LogP contribution in [0.15, 0.2) is 39.4 Å². The first-order valence-corrected chi connectivity index (χ1v) is 7.26. The summed E-state index contributed by atoms with van der Waals surface area (Å²) in [6.07, 6.45) is 0. The van der Waals surface area contributed by atoms with Crippen LogP contribution in [0.1, 0.15) is 16.6 Å². The number of nitrogens with zero attached hydrogens (tertiary/aromatic N) is 1. The SMILES string of the molecule is COc1ccccc1Sc1sc(C(C)=O)cc1[N+](=O)[O-]. The molecule has 0 saturated heterocycles. The van der Waals surface area contributed by atoms with E-state index in [4.69, 9.17) is 4.74 Å². The number of carbonyl (C=O) groups excluding carboxylic acids is 1. The summed E-state index contributed by atoms with van der Waals surface area (Å²) in [7, 11) is 1.54. The van der Waals surface area contributed by atoms with Gasteiger partial charge in [-0.2, -0.15) is 0 Å². The van der Waals surface area contributed by atoms with Crippen LogP contribution in [0.25, 0.3) is 0 Å². The Kier molecular flexibility index (Phi) is 4.41. The molecule has 0 aliphatic carbocycles. The molecule has 0 aliphatic rings. The van der Waals surface area contributed by atoms with E-state index >= 15 is 0 Å². The summed E-state index contributed by atoms with van der Waals surface area (Å²) >= 11 is 2.36. The maximum atomic E-state index is 11.4. The van der Waals surface area contributed by atoms with Gasteiger partial charge in [0.05, 0.1) is 21.8 Å². The van der Waals surface area contributed by atoms with Crippen molar-refractivity contribution >= 4 is 34.6 Å². The van der Waals surface area contributed by atoms with Crippen molar-refractivity contribution in [3.05, 3.63) is 45.3 Å². The zero-order valence-electron chi connectivity index (χ0n) is 10.8. The average molecular weight is 309 g/mol. The Morgan fingerprint density at radius 3 is 2.70 bits per heavy atom. The highest BCUT2D eigenvalue weighted by molar-refractivity contribution is 8.01. The lowest BCUT2D eigenvalue weighted by Crippen LogP contribution is -1.88. The van der Waals surface area contributed by atoms with Gasteiger partial charge in [0, 0.05) is 6.07 Å². The first-order valence-electron chi connectivity index (χ1n) is 5.63. The van der Waals surface area contributed by atoms with Gasteiger partial charge in [0.2, 0.25) is 0 Å². The number of hydrogen-bond donors (Lipinski definition) is 0. The Hall–Kier alpha value is -1.86. The Morgan fingerprint density at radius 1 is 1.40 bits per heavy atom. The van der Waals surface area contributed by atoms with Crippen LogP contribution in [0.2, 0.25) is 0 Å². The minimum Gasteiger partial charge on any atom is -0.496 e. The summed E-state index contributed by atoms with van der Waals surface area (Å²) in [4.78, 5) is 23.1. The summed E-state index contributed by atoms with van der Waals surface area (Å²) in [5.74, 6) is 0.467. The third-order valence-electron chi connectivity index (χ3n) is 2.50. The molecule has 5 nitrogen and oxygen atoms in total. The first kappa shape index (κ1) is 14.5. The van der Waals surface area contributed by atoms with Crippen molar-refractivity contribution in [2.24, 2.45) is 0 Å². The third kappa shape index (κ3) is 3.00. The van der Waals surface area contributed by atoms with Crippen molar-refractivity contribution < 1.29 is 14.5 Å². The van der Waals surface area contributed by atoms with E-state index in [1.807, 2.05) is 18.2 Å². The number of methoxy groups -OCH3 is 1. The number of Topliss-reactive ketones (excluding diaryl/α,β-unsaturated/α-hetero) is 1. The molecule has 0 bridgehead atoms. The molecule has 0 spiro atoms. The molecule has 2 rings (SSSR count). The van der Waals surface area contributed by atoms with Crippen LogP contribution >= 0.6 is 23.1 Å². The first-order chi connectivity index (χ1) is 9.52. The second-order valence-corrected chi connectivity index (χ2v) is 6.21. The molecule has 104 valence electrons. The number of ether oxygens (including phenoxy) is 1. The number of benzene rings is 1. The van der Waals surface area contributed by atoms with Crippen LogP contribution in [-0.4, -0.2) is 17.8 Å². The van der Waals surface area contributed by atoms with Crippen molar-refractivity contribution in [3.8, 4) is 5.75 Å². The molecule has 0 fully saturated rings. The minimum absolute atomic E-state index is 0.0453. The number of ketones is 1. The lowest BCUT2D eigenvalue weighted by Gasteiger charge is -2.05. The summed E-state index contributed by atoms with van der Waals surface area (Å²) < 4.78 is 5.70. The van der Waals surface area contributed by atoms with Crippen molar-refractivity contribution in [3.63, 3.8) is 0 Å². The van der Waals surface area contributed by atoms with Gasteiger partial charge < -0.3 is 4.74 Å². The van der Waals surface area contributed by atoms with Gasteiger partial charge in [-0.05, 0) is 19.1 Å². The number of hydrogen-bond acceptors (Lipinski definition) is 6. The lowest BCUT2D eigenvalue weighted by molar-refractivity contribution is -0.387. The molecule has 0 aliphatic heterocycles. The van der Waals surface area contributed by atoms with Crippen LogP contribution in [0.5, 0.6) is 5.75 Å². The van der Waals surface area contributed by atoms with E-state index in [1.165, 1.54) is 24.8 Å². The highest BCUT2D eigenvalue weighted by Crippen LogP contribution is 2.44. The normalized spacial score (nSPS) is 10.3. The Labute approximate surface area is 123 Å². The lowest BCUT2D eigenvalue weighted by atomic mass is 10.3. The number of rotatable bonds is 5. The van der Waals surface area contributed by atoms with Gasteiger partial charge in [-0.1, -0.05) is 23.9 Å². The van der Waals surface area contributed by atoms with Crippen molar-refractivity contribution in [2.75, 3.05) is 7.11 Å². The molecule has 20 heavy (non-hydrogen) atoms. The van der Waals surface area contributed by atoms with Crippen molar-refractivity contribution in [1.82, 2.24) is 0 Å². The fourth-order valence-corrected chi connectivity index (χ4v) is 3.84. The summed E-state index contributed by atoms with van der Waals surface area (Å²) in [6.45, 7) is 1.40. The monoisotopic (exact) mass is 309 g/mol. The molecule has 0 N–H and O–H groups in total. The highest BCUT2D eigenvalue weighted by Gasteiger charge is 2.22. The van der Waals surface area contributed by atoms with Gasteiger partial charge in [-0.3, -0.25) is 14.9 Å². The highest BCUT2D eigenvalue weighted by atomic mass is 32.2. The van der Waals surface area contributed by atoms with E-state index < -0.39 is 4.92 Å². The molecule has 7 heteroatoms. The fraction of sp³-hybridized carbons (Fsp3) is 0.154. The van der Waals surface area contributed by atoms with E-state index in [0.29, 0.717) is 14.8 Å². The van der Waals surface area contributed by atoms with Crippen LogP contribution in [0.3, 0.4) is 0 Å². The second-order valence-electron chi connectivity index (χ2n) is 3.85. The zero-order chi connectivity index (χ0) is 14.7. The molecular weight excluding hydrogens is 298 g/mol. The molecule has 0 saturated carbocycles. The Balaban J connectivity index is 2.42. The molecule has 0 radical (unpaired) electrons. The molecule has 1 heterocycles. The van der Waals surface area contributed by atoms with Gasteiger partial charge in [-0.15, -0.1) is 11.3 Å². The summed E-state index contributed by atoms with van der Waals surface area (Å²) in [5, 5.41) is 11.1. The predicted molar refractivity (Wildman–Crippen MR) is 78.1 cm³/mol. The standard InChI is InChI=1S/C13H11NO4S2/c1-8(15)12-7-9(14(16)17)13(20-12)19-11-6-4-3-5-10(11)18-2/h3-7H,1-2H3. The molecule has 1 aromatic carbocycles. The number of thiophene rings is 1. The maximum Gasteiger partial charge on any atom is 0.294 e. The largest absolute Gasteiger partial charge is 0.496 e. The minimum atomic E-state index is -0.472. The van der Waals surface area contributed by atoms with Crippen LogP contribution in [0.4, 0.5) is 5.69 Å². The number of para-hydroxylation sites is 1. The average Bonchev–Trinajstić information content (AvgIpc) is 2.84. The zero-order valence-corrected chi connectivity index (χ0v) is 12.4. The van der Waals surface area contributed by atoms with E-state index in [9.17, 15) is 14.9 Å². The van der Waals surface area contributed by atoms with Crippen LogP contribution in [-0.2, 0) is 0 Å². The van der Waals surface area contributed by atoms with Gasteiger partial charge in [0.25, 0.3) is 5.69 Å².